The predicted octanol–water partition coefficient (Wildman–Crippen LogP) is 5.35. The Balaban J connectivity index is 0.00000125. The van der Waals surface area contributed by atoms with Gasteiger partial charge in [0.05, 0.1) is 12.1 Å². The maximum atomic E-state index is 13.5. The van der Waals surface area contributed by atoms with Crippen molar-refractivity contribution in [1.82, 2.24) is 5.32 Å². The van der Waals surface area contributed by atoms with E-state index in [4.69, 9.17) is 30.5 Å². The molecule has 0 radical (unpaired) electrons. The quantitative estimate of drug-likeness (QED) is 0.255. The Bertz CT molecular complexity index is 8780. The third kappa shape index (κ3) is 54.7. The lowest BCUT2D eigenvalue weighted by molar-refractivity contribution is -0.137. The first-order valence-corrected chi connectivity index (χ1v) is 35.9. The number of terminal acetylenes is 1. The summed E-state index contributed by atoms with van der Waals surface area (Å²) in [6.07, 6.45) is 2.23. The van der Waals surface area contributed by atoms with Crippen molar-refractivity contribution in [2.75, 3.05) is 16.8 Å². The number of nitrogens with one attached hydrogen (secondary N) is 1. The Morgan fingerprint density at radius 3 is 0.667 bits per heavy atom. The molecule has 1 aliphatic heterocycles. The van der Waals surface area contributed by atoms with Gasteiger partial charge >= 0.3 is 6.18 Å². The summed E-state index contributed by atoms with van der Waals surface area (Å²) in [5.74, 6) is 250. The average molecular weight is 1700 g/mol. The van der Waals surface area contributed by atoms with E-state index in [2.05, 4.69) is 608 Å². The van der Waals surface area contributed by atoms with E-state index in [-0.39, 0.29) is 16.7 Å². The highest BCUT2D eigenvalue weighted by molar-refractivity contribution is 7.81. The molecule has 1 saturated heterocycles. The van der Waals surface area contributed by atoms with Crippen molar-refractivity contribution in [3.05, 3.63) is 65.0 Å². The van der Waals surface area contributed by atoms with Crippen LogP contribution in [0.5, 0.6) is 0 Å². The van der Waals surface area contributed by atoms with Gasteiger partial charge in [0, 0.05) is 569 Å². The van der Waals surface area contributed by atoms with Crippen LogP contribution in [-0.2, 0) is 17.5 Å². The van der Waals surface area contributed by atoms with Gasteiger partial charge in [-0.15, -0.1) is 6.42 Å². The zero-order valence-corrected chi connectivity index (χ0v) is 69.5. The molecule has 0 atom stereocenters. The second kappa shape index (κ2) is 75.6. The van der Waals surface area contributed by atoms with E-state index < -0.39 is 23.0 Å². The molecular formula is C125H20F3N5OS. The molecule has 0 unspecified atom stereocenters. The van der Waals surface area contributed by atoms with Crippen LogP contribution in [0.1, 0.15) is 30.4 Å². The topological polar surface area (TPSA) is 63.7 Å². The summed E-state index contributed by atoms with van der Waals surface area (Å²) in [5.41, 5.74) is -0.646. The first-order chi connectivity index (χ1) is 66.6. The lowest BCUT2D eigenvalue weighted by Crippen LogP contribution is -2.55. The van der Waals surface area contributed by atoms with Crippen LogP contribution in [-0.4, -0.2) is 23.6 Å². The fourth-order valence-corrected chi connectivity index (χ4v) is 7.76. The number of carbonyl (C=O) groups is 1. The number of nitriles is 1. The number of amides is 1. The molecule has 0 bridgehead atoms. The molecule has 578 valence electrons. The van der Waals surface area contributed by atoms with Crippen LogP contribution in [0.3, 0.4) is 0 Å². The summed E-state index contributed by atoms with van der Waals surface area (Å²) in [6, 6.07) is 12.5. The Kier molecular flexibility index (Phi) is 57.8. The maximum absolute atomic E-state index is 13.5. The minimum absolute atomic E-state index is 0.0234. The second-order valence-corrected chi connectivity index (χ2v) is 20.8. The van der Waals surface area contributed by atoms with Gasteiger partial charge in [0.2, 0.25) is 0 Å². The van der Waals surface area contributed by atoms with Crippen molar-refractivity contribution >= 4 is 40.3 Å². The SMILES string of the molecule is C#CC#CC#CC#CC#CC#CC#CC#CC#CC#CC#CC#CC#CC#CC#CC#CC#CC#CC#CC#CC#CC#CC#CC#CC#CC#CC#CC#CC#CC#CC#CC#CC#CC#CC#CC#CC#CC#CC#CC#CC#CC#CC#CC#CC#CC#CC#CC#CC#CC#CC#CC#N.[C-]#[N+]c1ccc(N2C(=O)C3(CCC3)N(c3ccc(CNC)cc3)C2=S)cc1C(F)(F)F. The Labute approximate surface area is 793 Å². The van der Waals surface area contributed by atoms with Crippen LogP contribution in [0.15, 0.2) is 42.5 Å². The summed E-state index contributed by atoms with van der Waals surface area (Å²) < 4.78 is 40.4. The molecule has 1 heterocycles. The largest absolute Gasteiger partial charge is 0.407 e. The molecule has 2 aromatic carbocycles. The van der Waals surface area contributed by atoms with E-state index in [1.165, 1.54) is 11.0 Å². The van der Waals surface area contributed by atoms with Gasteiger partial charge < -0.3 is 10.2 Å². The maximum Gasteiger partial charge on any atom is 0.407 e. The summed E-state index contributed by atoms with van der Waals surface area (Å²) in [7, 11) is 1.85. The van der Waals surface area contributed by atoms with Crippen molar-refractivity contribution in [1.29, 1.82) is 5.26 Å². The van der Waals surface area contributed by atoms with Crippen LogP contribution in [0.2, 0.25) is 0 Å². The fourth-order valence-electron chi connectivity index (χ4n) is 7.29. The van der Waals surface area contributed by atoms with Crippen LogP contribution >= 0.6 is 12.2 Å². The van der Waals surface area contributed by atoms with Crippen molar-refractivity contribution in [2.45, 2.75) is 37.5 Å². The molecule has 2 aromatic rings. The highest BCUT2D eigenvalue weighted by Gasteiger charge is 2.59. The summed E-state index contributed by atoms with van der Waals surface area (Å²) >= 11 is 5.61. The Morgan fingerprint density at radius 2 is 0.511 bits per heavy atom. The standard InChI is InChI=1S/C103HN.C22H19F3N4OS/c1-2-3-4-5-6-7-8-9-10-11-12-13-14-15-16-17-18-19-20-21-22-23-24-25-26-27-28-29-30-31-32-33-34-35-36-37-38-39-40-41-42-43-44-45-46-47-48-49-50-51-52-53-54-55-56-57-58-59-60-61-62-63-64-65-66-67-68-69-70-71-72-73-74-75-76-77-78-79-80-81-82-83-84-85-86-87-88-89-90-91-92-93-94-95-96-97-98-99-100-101-102-103-104;1-26-13-14-4-6-15(7-5-14)29-20(31)28(19(30)21(29)10-3-11-21)16-8-9-18(27-2)17(12-16)22(23,24)25/h1H;4-9,12,26H,3,10-11,13H2,1H3. The third-order valence-corrected chi connectivity index (χ3v) is 12.5. The van der Waals surface area contributed by atoms with Crippen molar-refractivity contribution in [3.8, 4) is 610 Å². The van der Waals surface area contributed by atoms with Crippen LogP contribution in [0.25, 0.3) is 4.85 Å². The molecule has 4 rings (SSSR count). The van der Waals surface area contributed by atoms with Crippen LogP contribution in [0.4, 0.5) is 30.2 Å². The van der Waals surface area contributed by atoms with Gasteiger partial charge in [0.25, 0.3) is 5.91 Å². The molecule has 0 aromatic heterocycles. The molecular weight excluding hydrogens is 1680 g/mol. The number of hydrogen-bond donors (Lipinski definition) is 1. The molecule has 1 spiro atoms. The number of anilines is 2. The van der Waals surface area contributed by atoms with E-state index in [1.54, 1.807) is 11.0 Å². The first-order valence-electron chi connectivity index (χ1n) is 35.5. The van der Waals surface area contributed by atoms with E-state index in [1.807, 2.05) is 31.3 Å². The zero-order chi connectivity index (χ0) is 96.5. The number of rotatable bonds is 4. The van der Waals surface area contributed by atoms with E-state index >= 15 is 0 Å². The van der Waals surface area contributed by atoms with Gasteiger partial charge in [-0.25, -0.2) is 4.85 Å². The van der Waals surface area contributed by atoms with Gasteiger partial charge in [-0.05, 0) is 116 Å². The van der Waals surface area contributed by atoms with Crippen molar-refractivity contribution in [2.24, 2.45) is 0 Å². The molecule has 1 N–H and O–H groups in total. The minimum Gasteiger partial charge on any atom is -0.316 e. The van der Waals surface area contributed by atoms with Gasteiger partial charge in [-0.3, -0.25) is 9.69 Å². The molecule has 6 nitrogen and oxygen atoms in total. The lowest BCUT2D eigenvalue weighted by atomic mass is 9.75. The fraction of sp³-hybridized carbons (Fsp3) is 0.0560. The molecule has 1 saturated carbocycles. The lowest BCUT2D eigenvalue weighted by Gasteiger charge is -2.43. The van der Waals surface area contributed by atoms with E-state index in [0.29, 0.717) is 19.4 Å². The number of carbonyl (C=O) groups excluding carboxylic acids is 1. The summed E-state index contributed by atoms with van der Waals surface area (Å²) in [5, 5.41) is 11.4. The van der Waals surface area contributed by atoms with Gasteiger partial charge in [-0.2, -0.15) is 18.4 Å². The van der Waals surface area contributed by atoms with Crippen LogP contribution < -0.4 is 15.1 Å². The zero-order valence-electron chi connectivity index (χ0n) is 68.7. The predicted molar refractivity (Wildman–Crippen MR) is 519 cm³/mol. The number of nitrogens with zero attached hydrogens (tertiary/aromatic N) is 4. The number of thiocarbonyl (C=S) groups is 1. The first kappa shape index (κ1) is 103. The molecule has 2 aliphatic rings. The molecule has 2 fully saturated rings. The van der Waals surface area contributed by atoms with E-state index in [9.17, 15) is 18.0 Å². The Hall–Kier alpha value is -25.9. The van der Waals surface area contributed by atoms with Gasteiger partial charge in [0.15, 0.2) is 16.9 Å². The summed E-state index contributed by atoms with van der Waals surface area (Å²) in [6.45, 7) is 7.71. The smallest absolute Gasteiger partial charge is 0.316 e. The van der Waals surface area contributed by atoms with Crippen LogP contribution in [0, 0.1) is 622 Å². The number of halogens is 3. The monoisotopic (exact) mass is 1700 g/mol. The molecule has 135 heavy (non-hydrogen) atoms. The molecule has 1 amide bonds. The van der Waals surface area contributed by atoms with Crippen molar-refractivity contribution < 1.29 is 18.0 Å². The Morgan fingerprint density at radius 1 is 0.326 bits per heavy atom. The normalized spacial score (nSPS) is 7.12. The minimum atomic E-state index is -4.71. The van der Waals surface area contributed by atoms with Crippen molar-refractivity contribution in [3.63, 3.8) is 0 Å². The summed E-state index contributed by atoms with van der Waals surface area (Å²) in [4.78, 5) is 19.3. The number of alkyl halides is 3. The second-order valence-electron chi connectivity index (χ2n) is 20.4. The average Bonchev–Trinajstić information content (AvgIpc) is 1.55. The number of hydrogen-bond acceptors (Lipinski definition) is 4. The van der Waals surface area contributed by atoms with Gasteiger partial charge in [-0.1, -0.05) is 18.2 Å². The molecule has 10 heteroatoms. The highest BCUT2D eigenvalue weighted by Crippen LogP contribution is 2.49. The third-order valence-electron chi connectivity index (χ3n) is 12.1. The molecule has 1 aliphatic carbocycles. The highest BCUT2D eigenvalue weighted by atomic mass is 32.1. The van der Waals surface area contributed by atoms with Gasteiger partial charge in [0.1, 0.15) is 5.54 Å². The number of benzene rings is 2. The van der Waals surface area contributed by atoms with E-state index in [0.717, 1.165) is 29.8 Å².